The average molecular weight is 856 g/mol. The van der Waals surface area contributed by atoms with Crippen LogP contribution in [0.25, 0.3) is 0 Å². The smallest absolute Gasteiger partial charge is 0.305 e. The zero-order valence-corrected chi connectivity index (χ0v) is 40.4. The van der Waals surface area contributed by atoms with Crippen LogP contribution in [0, 0.1) is 0 Å². The Balaban J connectivity index is 3.57. The third kappa shape index (κ3) is 47.1. The fraction of sp³-hybridized carbons (Fsp3) is 0.818. The standard InChI is InChI=1S/C55H101NO5/c1-3-5-7-9-11-13-15-17-19-21-22-23-25-27-29-33-37-41-45-49-55(60)61-50-46-42-38-34-30-32-36-40-44-48-54(59)56-52(51-57)53(58)47-43-39-35-31-28-26-24-20-18-16-14-12-10-8-6-4-2/h11,13,17,19,32,36,43,47,52-53,57-58H,3-10,12,14-16,18,20-31,33-35,37-42,44-46,48-51H2,1-2H3,(H,56,59)/b13-11-,19-17-,36-32-,47-43+. The van der Waals surface area contributed by atoms with E-state index in [0.717, 1.165) is 77.0 Å². The third-order valence-electron chi connectivity index (χ3n) is 11.8. The molecule has 6 heteroatoms. The van der Waals surface area contributed by atoms with Crippen molar-refractivity contribution in [1.82, 2.24) is 5.32 Å². The third-order valence-corrected chi connectivity index (χ3v) is 11.8. The first kappa shape index (κ1) is 58.8. The van der Waals surface area contributed by atoms with Crippen molar-refractivity contribution in [3.63, 3.8) is 0 Å². The second-order valence-corrected chi connectivity index (χ2v) is 17.8. The van der Waals surface area contributed by atoms with Crippen molar-refractivity contribution in [2.75, 3.05) is 13.2 Å². The number of esters is 1. The number of hydrogen-bond acceptors (Lipinski definition) is 5. The van der Waals surface area contributed by atoms with E-state index in [1.807, 2.05) is 6.08 Å². The molecule has 0 aliphatic rings. The minimum atomic E-state index is -0.876. The topological polar surface area (TPSA) is 95.9 Å². The first-order valence-electron chi connectivity index (χ1n) is 26.4. The van der Waals surface area contributed by atoms with Gasteiger partial charge in [0, 0.05) is 12.8 Å². The van der Waals surface area contributed by atoms with Crippen LogP contribution in [0.4, 0.5) is 0 Å². The molecule has 3 N–H and O–H groups in total. The molecule has 0 fully saturated rings. The summed E-state index contributed by atoms with van der Waals surface area (Å²) in [5, 5.41) is 23.0. The van der Waals surface area contributed by atoms with E-state index in [9.17, 15) is 19.8 Å². The van der Waals surface area contributed by atoms with Crippen LogP contribution in [0.1, 0.15) is 264 Å². The van der Waals surface area contributed by atoms with Gasteiger partial charge in [0.1, 0.15) is 0 Å². The molecule has 2 unspecified atom stereocenters. The zero-order valence-electron chi connectivity index (χ0n) is 40.4. The summed E-state index contributed by atoms with van der Waals surface area (Å²) in [6.07, 6.45) is 62.6. The number of carbonyl (C=O) groups excluding carboxylic acids is 2. The fourth-order valence-electron chi connectivity index (χ4n) is 7.72. The lowest BCUT2D eigenvalue weighted by molar-refractivity contribution is -0.143. The molecule has 0 bridgehead atoms. The van der Waals surface area contributed by atoms with Crippen LogP contribution in [0.5, 0.6) is 0 Å². The Morgan fingerprint density at radius 1 is 0.459 bits per heavy atom. The maximum atomic E-state index is 12.4. The highest BCUT2D eigenvalue weighted by molar-refractivity contribution is 5.76. The first-order valence-corrected chi connectivity index (χ1v) is 26.4. The van der Waals surface area contributed by atoms with Crippen molar-refractivity contribution in [2.24, 2.45) is 0 Å². The molecule has 0 aromatic heterocycles. The summed E-state index contributed by atoms with van der Waals surface area (Å²) in [6, 6.07) is -0.667. The molecule has 0 aliphatic heterocycles. The van der Waals surface area contributed by atoms with Gasteiger partial charge in [0.15, 0.2) is 0 Å². The highest BCUT2D eigenvalue weighted by atomic mass is 16.5. The van der Waals surface area contributed by atoms with E-state index in [4.69, 9.17) is 4.74 Å². The lowest BCUT2D eigenvalue weighted by atomic mass is 10.0. The summed E-state index contributed by atoms with van der Waals surface area (Å²) < 4.78 is 5.45. The number of allylic oxidation sites excluding steroid dienone is 7. The van der Waals surface area contributed by atoms with Crippen molar-refractivity contribution in [2.45, 2.75) is 276 Å². The maximum Gasteiger partial charge on any atom is 0.305 e. The molecule has 61 heavy (non-hydrogen) atoms. The number of aliphatic hydroxyl groups excluding tert-OH is 2. The van der Waals surface area contributed by atoms with Crippen molar-refractivity contribution in [3.8, 4) is 0 Å². The minimum absolute atomic E-state index is 0.0425. The van der Waals surface area contributed by atoms with Gasteiger partial charge in [-0.2, -0.15) is 0 Å². The summed E-state index contributed by atoms with van der Waals surface area (Å²) in [6.45, 7) is 4.78. The van der Waals surface area contributed by atoms with Crippen molar-refractivity contribution >= 4 is 11.9 Å². The zero-order chi connectivity index (χ0) is 44.4. The molecule has 0 aromatic rings. The number of amides is 1. The molecule has 0 heterocycles. The monoisotopic (exact) mass is 856 g/mol. The molecule has 1 amide bonds. The summed E-state index contributed by atoms with van der Waals surface area (Å²) >= 11 is 0. The largest absolute Gasteiger partial charge is 0.466 e. The van der Waals surface area contributed by atoms with Gasteiger partial charge in [-0.15, -0.1) is 0 Å². The Bertz CT molecular complexity index is 1040. The summed E-state index contributed by atoms with van der Waals surface area (Å²) in [4.78, 5) is 24.5. The molecule has 0 radical (unpaired) electrons. The Labute approximate surface area is 378 Å². The van der Waals surface area contributed by atoms with Gasteiger partial charge in [0.05, 0.1) is 25.4 Å². The van der Waals surface area contributed by atoms with Gasteiger partial charge < -0.3 is 20.3 Å². The lowest BCUT2D eigenvalue weighted by Gasteiger charge is -2.19. The van der Waals surface area contributed by atoms with E-state index < -0.39 is 12.1 Å². The van der Waals surface area contributed by atoms with E-state index in [1.54, 1.807) is 6.08 Å². The number of unbranched alkanes of at least 4 members (excludes halogenated alkanes) is 31. The summed E-state index contributed by atoms with van der Waals surface area (Å²) in [5.41, 5.74) is 0. The van der Waals surface area contributed by atoms with Gasteiger partial charge in [-0.1, -0.05) is 217 Å². The normalized spacial score (nSPS) is 13.0. The number of nitrogens with one attached hydrogen (secondary N) is 1. The lowest BCUT2D eigenvalue weighted by Crippen LogP contribution is -2.45. The van der Waals surface area contributed by atoms with Crippen molar-refractivity contribution in [1.29, 1.82) is 0 Å². The number of aliphatic hydroxyl groups is 2. The molecule has 356 valence electrons. The number of carbonyl (C=O) groups is 2. The molecule has 0 rings (SSSR count). The Kier molecular flexibility index (Phi) is 48.7. The number of hydrogen-bond donors (Lipinski definition) is 3. The van der Waals surface area contributed by atoms with Gasteiger partial charge >= 0.3 is 5.97 Å². The Morgan fingerprint density at radius 2 is 0.836 bits per heavy atom. The quantitative estimate of drug-likeness (QED) is 0.0322. The molecule has 0 saturated carbocycles. The molecule has 0 aliphatic carbocycles. The van der Waals surface area contributed by atoms with E-state index in [2.05, 4.69) is 55.6 Å². The predicted molar refractivity (Wildman–Crippen MR) is 264 cm³/mol. The highest BCUT2D eigenvalue weighted by Gasteiger charge is 2.17. The maximum absolute atomic E-state index is 12.4. The van der Waals surface area contributed by atoms with Crippen molar-refractivity contribution < 1.29 is 24.5 Å². The van der Waals surface area contributed by atoms with Crippen LogP contribution in [-0.4, -0.2) is 47.4 Å². The SMILES string of the molecule is CCCCC/C=C\C/C=C\CCCCCCCCCCCC(=O)OCCCCCC/C=C\CCCC(=O)NC(CO)C(O)/C=C/CCCCCCCCCCCCCCCC. The Hall–Kier alpha value is -2.18. The molecule has 6 nitrogen and oxygen atoms in total. The van der Waals surface area contributed by atoms with Crippen LogP contribution in [0.2, 0.25) is 0 Å². The molecular weight excluding hydrogens is 755 g/mol. The van der Waals surface area contributed by atoms with Crippen LogP contribution in [0.3, 0.4) is 0 Å². The van der Waals surface area contributed by atoms with E-state index in [1.165, 1.54) is 161 Å². The van der Waals surface area contributed by atoms with Gasteiger partial charge in [0.25, 0.3) is 0 Å². The highest BCUT2D eigenvalue weighted by Crippen LogP contribution is 2.15. The Morgan fingerprint density at radius 3 is 1.33 bits per heavy atom. The average Bonchev–Trinajstić information content (AvgIpc) is 3.26. The number of rotatable bonds is 48. The minimum Gasteiger partial charge on any atom is -0.466 e. The van der Waals surface area contributed by atoms with Crippen LogP contribution >= 0.6 is 0 Å². The van der Waals surface area contributed by atoms with E-state index in [0.29, 0.717) is 19.4 Å². The van der Waals surface area contributed by atoms with E-state index in [-0.39, 0.29) is 18.5 Å². The molecule has 2 atom stereocenters. The summed E-state index contributed by atoms with van der Waals surface area (Å²) in [5.74, 6) is -0.172. The predicted octanol–water partition coefficient (Wildman–Crippen LogP) is 15.8. The number of ether oxygens (including phenoxy) is 1. The van der Waals surface area contributed by atoms with Crippen LogP contribution < -0.4 is 5.32 Å². The van der Waals surface area contributed by atoms with E-state index >= 15 is 0 Å². The van der Waals surface area contributed by atoms with Gasteiger partial charge in [0.2, 0.25) is 5.91 Å². The van der Waals surface area contributed by atoms with Crippen LogP contribution in [0.15, 0.2) is 48.6 Å². The van der Waals surface area contributed by atoms with Gasteiger partial charge in [-0.05, 0) is 83.5 Å². The first-order chi connectivity index (χ1) is 30.0. The summed E-state index contributed by atoms with van der Waals surface area (Å²) in [7, 11) is 0. The van der Waals surface area contributed by atoms with Crippen molar-refractivity contribution in [3.05, 3.63) is 48.6 Å². The molecule has 0 spiro atoms. The molecule has 0 saturated heterocycles. The van der Waals surface area contributed by atoms with Gasteiger partial charge in [-0.3, -0.25) is 9.59 Å². The second kappa shape index (κ2) is 50.5. The fourth-order valence-corrected chi connectivity index (χ4v) is 7.72. The molecule has 0 aromatic carbocycles. The van der Waals surface area contributed by atoms with Crippen LogP contribution in [-0.2, 0) is 14.3 Å². The molecular formula is C55H101NO5. The second-order valence-electron chi connectivity index (χ2n) is 17.8. The van der Waals surface area contributed by atoms with Gasteiger partial charge in [-0.25, -0.2) is 0 Å².